The highest BCUT2D eigenvalue weighted by Crippen LogP contribution is 2.36. The van der Waals surface area contributed by atoms with Gasteiger partial charge in [-0.15, -0.1) is 0 Å². The Hall–Kier alpha value is -2.81. The molecular weight excluding hydrogens is 418 g/mol. The molecule has 0 amide bonds. The highest BCUT2D eigenvalue weighted by Gasteiger charge is 2.20. The van der Waals surface area contributed by atoms with Crippen LogP contribution in [-0.2, 0) is 0 Å². The number of aromatic nitrogens is 3. The van der Waals surface area contributed by atoms with E-state index in [1.807, 2.05) is 6.07 Å². The minimum Gasteiger partial charge on any atom is -0.454 e. The van der Waals surface area contributed by atoms with Crippen LogP contribution in [0.1, 0.15) is 44.1 Å². The molecule has 0 aliphatic carbocycles. The normalized spacial score (nSPS) is 18.6. The number of benzene rings is 1. The molecule has 4 heterocycles. The molecule has 1 N–H and O–H groups in total. The summed E-state index contributed by atoms with van der Waals surface area (Å²) in [5.74, 6) is 3.17. The van der Waals surface area contributed by atoms with E-state index in [4.69, 9.17) is 26.1 Å². The Morgan fingerprint density at radius 2 is 1.42 bits per heavy atom. The predicted molar refractivity (Wildman–Crippen MR) is 121 cm³/mol. The quantitative estimate of drug-likeness (QED) is 0.553. The number of anilines is 3. The van der Waals surface area contributed by atoms with E-state index in [0.717, 1.165) is 57.4 Å². The second kappa shape index (κ2) is 9.13. The Morgan fingerprint density at radius 1 is 0.839 bits per heavy atom. The third-order valence-corrected chi connectivity index (χ3v) is 6.08. The van der Waals surface area contributed by atoms with Crippen LogP contribution in [0, 0.1) is 0 Å². The van der Waals surface area contributed by atoms with E-state index in [2.05, 4.69) is 30.3 Å². The lowest BCUT2D eigenvalue weighted by molar-refractivity contribution is 0.174. The zero-order valence-electron chi connectivity index (χ0n) is 17.4. The van der Waals surface area contributed by atoms with Gasteiger partial charge in [-0.3, -0.25) is 0 Å². The van der Waals surface area contributed by atoms with Crippen LogP contribution in [0.15, 0.2) is 17.2 Å². The van der Waals surface area contributed by atoms with Crippen molar-refractivity contribution in [3.05, 3.63) is 22.7 Å². The van der Waals surface area contributed by atoms with Crippen molar-refractivity contribution in [3.63, 3.8) is 0 Å². The number of hydrazone groups is 1. The first-order valence-electron chi connectivity index (χ1n) is 10.9. The molecule has 2 saturated heterocycles. The lowest BCUT2D eigenvalue weighted by atomic mass is 10.1. The summed E-state index contributed by atoms with van der Waals surface area (Å²) in [5, 5.41) is 4.86. The molecule has 3 aliphatic rings. The van der Waals surface area contributed by atoms with Crippen molar-refractivity contribution in [2.75, 3.05) is 48.2 Å². The van der Waals surface area contributed by atoms with E-state index in [-0.39, 0.29) is 6.79 Å². The average Bonchev–Trinajstić information content (AvgIpc) is 3.27. The van der Waals surface area contributed by atoms with Gasteiger partial charge in [-0.25, -0.2) is 5.43 Å². The van der Waals surface area contributed by atoms with Crippen LogP contribution in [0.2, 0.25) is 5.02 Å². The number of nitrogens with zero attached hydrogens (tertiary/aromatic N) is 6. The molecule has 1 aromatic carbocycles. The molecule has 0 saturated carbocycles. The third kappa shape index (κ3) is 4.61. The molecule has 0 atom stereocenters. The number of piperidine rings is 2. The number of ether oxygens (including phenoxy) is 2. The van der Waals surface area contributed by atoms with Gasteiger partial charge < -0.3 is 19.3 Å². The maximum Gasteiger partial charge on any atom is 0.250 e. The van der Waals surface area contributed by atoms with Gasteiger partial charge in [0.05, 0.1) is 11.2 Å². The van der Waals surface area contributed by atoms with Gasteiger partial charge in [0.25, 0.3) is 0 Å². The fourth-order valence-corrected chi connectivity index (χ4v) is 4.27. The highest BCUT2D eigenvalue weighted by atomic mass is 35.5. The van der Waals surface area contributed by atoms with E-state index in [0.29, 0.717) is 34.4 Å². The molecule has 0 spiro atoms. The number of hydrogen-bond donors (Lipinski definition) is 1. The van der Waals surface area contributed by atoms with Gasteiger partial charge in [0.15, 0.2) is 11.5 Å². The summed E-state index contributed by atoms with van der Waals surface area (Å²) in [6, 6.07) is 3.54. The monoisotopic (exact) mass is 443 g/mol. The fourth-order valence-electron chi connectivity index (χ4n) is 4.07. The number of hydrogen-bond acceptors (Lipinski definition) is 9. The first-order chi connectivity index (χ1) is 15.3. The minimum atomic E-state index is 0.202. The Bertz CT molecular complexity index is 923. The average molecular weight is 444 g/mol. The molecular formula is C21H26ClN7O2. The van der Waals surface area contributed by atoms with Gasteiger partial charge in [0.2, 0.25) is 24.6 Å². The molecule has 1 aromatic heterocycles. The zero-order valence-corrected chi connectivity index (χ0v) is 18.1. The Balaban J connectivity index is 1.37. The van der Waals surface area contributed by atoms with Crippen molar-refractivity contribution in [3.8, 4) is 11.5 Å². The summed E-state index contributed by atoms with van der Waals surface area (Å²) in [6.45, 7) is 4.09. The number of halogens is 1. The van der Waals surface area contributed by atoms with Crippen molar-refractivity contribution >= 4 is 35.7 Å². The van der Waals surface area contributed by atoms with E-state index < -0.39 is 0 Å². The molecule has 2 aromatic rings. The molecule has 10 heteroatoms. The van der Waals surface area contributed by atoms with E-state index in [1.165, 1.54) is 12.8 Å². The Labute approximate surface area is 186 Å². The second-order valence-electron chi connectivity index (χ2n) is 7.95. The third-order valence-electron chi connectivity index (χ3n) is 5.75. The Morgan fingerprint density at radius 3 is 2.03 bits per heavy atom. The summed E-state index contributed by atoms with van der Waals surface area (Å²) >= 11 is 6.33. The summed E-state index contributed by atoms with van der Waals surface area (Å²) in [7, 11) is 0. The van der Waals surface area contributed by atoms with Crippen molar-refractivity contribution in [2.45, 2.75) is 38.5 Å². The van der Waals surface area contributed by atoms with Crippen LogP contribution in [0.4, 0.5) is 17.8 Å². The molecule has 164 valence electrons. The van der Waals surface area contributed by atoms with Crippen molar-refractivity contribution in [1.29, 1.82) is 0 Å². The van der Waals surface area contributed by atoms with Crippen molar-refractivity contribution in [1.82, 2.24) is 15.0 Å². The Kier molecular flexibility index (Phi) is 5.93. The summed E-state index contributed by atoms with van der Waals surface area (Å²) in [4.78, 5) is 18.5. The number of fused-ring (bicyclic) bond motifs is 1. The summed E-state index contributed by atoms with van der Waals surface area (Å²) in [5.41, 5.74) is 3.69. The largest absolute Gasteiger partial charge is 0.454 e. The van der Waals surface area contributed by atoms with Crippen LogP contribution in [0.3, 0.4) is 0 Å². The van der Waals surface area contributed by atoms with Crippen LogP contribution in [0.25, 0.3) is 0 Å². The van der Waals surface area contributed by atoms with E-state index in [9.17, 15) is 0 Å². The second-order valence-corrected chi connectivity index (χ2v) is 8.36. The number of rotatable bonds is 5. The topological polar surface area (TPSA) is 88.0 Å². The van der Waals surface area contributed by atoms with Crippen LogP contribution in [-0.4, -0.2) is 54.1 Å². The minimum absolute atomic E-state index is 0.202. The van der Waals surface area contributed by atoms with E-state index >= 15 is 0 Å². The molecule has 0 radical (unpaired) electrons. The van der Waals surface area contributed by atoms with Crippen LogP contribution in [0.5, 0.6) is 11.5 Å². The maximum absolute atomic E-state index is 6.33. The molecule has 5 rings (SSSR count). The fraction of sp³-hybridized carbons (Fsp3) is 0.524. The van der Waals surface area contributed by atoms with E-state index in [1.54, 1.807) is 12.3 Å². The first kappa shape index (κ1) is 20.1. The van der Waals surface area contributed by atoms with Crippen LogP contribution < -0.4 is 24.7 Å². The predicted octanol–water partition coefficient (Wildman–Crippen LogP) is 3.68. The molecule has 31 heavy (non-hydrogen) atoms. The van der Waals surface area contributed by atoms with Gasteiger partial charge in [-0.05, 0) is 44.6 Å². The molecule has 9 nitrogen and oxygen atoms in total. The van der Waals surface area contributed by atoms with Gasteiger partial charge in [-0.2, -0.15) is 20.1 Å². The molecule has 3 aliphatic heterocycles. The summed E-state index contributed by atoms with van der Waals surface area (Å²) in [6.07, 6.45) is 8.79. The first-order valence-corrected chi connectivity index (χ1v) is 11.3. The lowest BCUT2D eigenvalue weighted by Crippen LogP contribution is -2.34. The summed E-state index contributed by atoms with van der Waals surface area (Å²) < 4.78 is 10.8. The molecule has 2 fully saturated rings. The lowest BCUT2D eigenvalue weighted by Gasteiger charge is -2.30. The smallest absolute Gasteiger partial charge is 0.250 e. The van der Waals surface area contributed by atoms with Crippen molar-refractivity contribution < 1.29 is 9.47 Å². The standard InChI is InChI=1S/C21H26ClN7O2/c22-16-12-18-17(30-14-31-18)11-15(16)13-23-27-19-24-20(28-7-3-1-4-8-28)26-21(25-19)29-9-5-2-6-10-29/h11-13H,1-10,14H2,(H,24,25,26,27)/b23-13+. The zero-order chi connectivity index (χ0) is 21.0. The maximum atomic E-state index is 6.33. The van der Waals surface area contributed by atoms with Gasteiger partial charge in [0, 0.05) is 37.8 Å². The van der Waals surface area contributed by atoms with Crippen LogP contribution >= 0.6 is 11.6 Å². The molecule has 0 unspecified atom stereocenters. The van der Waals surface area contributed by atoms with Crippen molar-refractivity contribution in [2.24, 2.45) is 5.10 Å². The number of nitrogens with one attached hydrogen (secondary N) is 1. The highest BCUT2D eigenvalue weighted by molar-refractivity contribution is 6.33. The molecule has 0 bridgehead atoms. The van der Waals surface area contributed by atoms with Gasteiger partial charge in [-0.1, -0.05) is 11.6 Å². The SMILES string of the molecule is Clc1cc2c(cc1/C=N/Nc1nc(N3CCCCC3)nc(N3CCCCC3)n1)OCO2. The van der Waals surface area contributed by atoms with Gasteiger partial charge in [0.1, 0.15) is 0 Å². The van der Waals surface area contributed by atoms with Gasteiger partial charge >= 0.3 is 0 Å².